The summed E-state index contributed by atoms with van der Waals surface area (Å²) in [5.41, 5.74) is 2.75. The molecule has 0 saturated heterocycles. The van der Waals surface area contributed by atoms with Gasteiger partial charge in [-0.25, -0.2) is 4.68 Å². The number of aromatic nitrogens is 2. The number of carbonyl (C=O) groups is 1. The van der Waals surface area contributed by atoms with Gasteiger partial charge < -0.3 is 5.32 Å². The summed E-state index contributed by atoms with van der Waals surface area (Å²) >= 11 is 11.9. The van der Waals surface area contributed by atoms with E-state index in [4.69, 9.17) is 23.2 Å². The first-order valence-corrected chi connectivity index (χ1v) is 8.17. The van der Waals surface area contributed by atoms with Crippen LogP contribution < -0.4 is 5.32 Å². The molecule has 122 valence electrons. The van der Waals surface area contributed by atoms with E-state index in [1.807, 2.05) is 36.5 Å². The first-order valence-electron chi connectivity index (χ1n) is 7.41. The maximum absolute atomic E-state index is 12.1. The number of rotatable bonds is 5. The molecule has 0 aliphatic rings. The molecule has 4 nitrogen and oxygen atoms in total. The number of halogens is 2. The lowest BCUT2D eigenvalue weighted by atomic mass is 10.1. The van der Waals surface area contributed by atoms with Crippen molar-refractivity contribution in [3.8, 4) is 5.69 Å². The fourth-order valence-corrected chi connectivity index (χ4v) is 2.76. The molecule has 1 heterocycles. The molecule has 1 amide bonds. The lowest BCUT2D eigenvalue weighted by Gasteiger charge is -2.08. The van der Waals surface area contributed by atoms with Gasteiger partial charge in [-0.3, -0.25) is 4.79 Å². The van der Waals surface area contributed by atoms with Crippen molar-refractivity contribution in [3.05, 3.63) is 82.1 Å². The average Bonchev–Trinajstić information content (AvgIpc) is 3.11. The van der Waals surface area contributed by atoms with Crippen LogP contribution in [0.5, 0.6) is 0 Å². The Morgan fingerprint density at radius 3 is 2.58 bits per heavy atom. The Balaban J connectivity index is 1.56. The first kappa shape index (κ1) is 16.6. The number of carbonyl (C=O) groups excluding carboxylic acids is 1. The van der Waals surface area contributed by atoms with Gasteiger partial charge in [-0.1, -0.05) is 41.4 Å². The molecule has 1 N–H and O–H groups in total. The number of benzene rings is 2. The highest BCUT2D eigenvalue weighted by molar-refractivity contribution is 6.35. The van der Waals surface area contributed by atoms with Gasteiger partial charge in [0.15, 0.2) is 0 Å². The second-order valence-electron chi connectivity index (χ2n) is 5.31. The van der Waals surface area contributed by atoms with Crippen LogP contribution >= 0.6 is 23.2 Å². The molecule has 0 unspecified atom stereocenters. The maximum Gasteiger partial charge on any atom is 0.224 e. The van der Waals surface area contributed by atoms with Crippen LogP contribution in [0.2, 0.25) is 10.0 Å². The third-order valence-electron chi connectivity index (χ3n) is 3.56. The predicted octanol–water partition coefficient (Wildman–Crippen LogP) is 4.04. The highest BCUT2D eigenvalue weighted by atomic mass is 35.5. The standard InChI is InChI=1S/C18H15Cl2N3O/c19-15-5-4-14(17(20)11-15)10-18(24)21-12-13-2-6-16(7-3-13)23-9-1-8-22-23/h1-9,11H,10,12H2,(H,21,24). The van der Waals surface area contributed by atoms with Gasteiger partial charge in [0.25, 0.3) is 0 Å². The molecule has 1 aromatic heterocycles. The summed E-state index contributed by atoms with van der Waals surface area (Å²) in [5.74, 6) is -0.0876. The number of nitrogens with zero attached hydrogens (tertiary/aromatic N) is 2. The van der Waals surface area contributed by atoms with Crippen LogP contribution in [-0.2, 0) is 17.8 Å². The summed E-state index contributed by atoms with van der Waals surface area (Å²) in [6, 6.07) is 14.9. The molecule has 6 heteroatoms. The van der Waals surface area contributed by atoms with Crippen LogP contribution in [0.1, 0.15) is 11.1 Å². The average molecular weight is 360 g/mol. The van der Waals surface area contributed by atoms with Crippen LogP contribution in [0.4, 0.5) is 0 Å². The second kappa shape index (κ2) is 7.51. The van der Waals surface area contributed by atoms with Crippen LogP contribution in [-0.4, -0.2) is 15.7 Å². The van der Waals surface area contributed by atoms with Crippen LogP contribution in [0.15, 0.2) is 60.9 Å². The molecule has 0 radical (unpaired) electrons. The Bertz CT molecular complexity index is 830. The molecule has 0 bridgehead atoms. The van der Waals surface area contributed by atoms with Gasteiger partial charge in [-0.2, -0.15) is 5.10 Å². The molecule has 0 saturated carbocycles. The van der Waals surface area contributed by atoms with E-state index in [-0.39, 0.29) is 12.3 Å². The van der Waals surface area contributed by atoms with E-state index in [0.29, 0.717) is 16.6 Å². The normalized spacial score (nSPS) is 10.6. The largest absolute Gasteiger partial charge is 0.352 e. The molecular formula is C18H15Cl2N3O. The summed E-state index contributed by atoms with van der Waals surface area (Å²) in [5, 5.41) is 8.13. The van der Waals surface area contributed by atoms with E-state index in [2.05, 4.69) is 10.4 Å². The lowest BCUT2D eigenvalue weighted by molar-refractivity contribution is -0.120. The zero-order chi connectivity index (χ0) is 16.9. The van der Waals surface area contributed by atoms with Gasteiger partial charge in [0.1, 0.15) is 0 Å². The molecule has 0 fully saturated rings. The summed E-state index contributed by atoms with van der Waals surface area (Å²) in [6.45, 7) is 0.462. The van der Waals surface area contributed by atoms with Crippen molar-refractivity contribution >= 4 is 29.1 Å². The number of hydrogen-bond acceptors (Lipinski definition) is 2. The minimum atomic E-state index is -0.0876. The lowest BCUT2D eigenvalue weighted by Crippen LogP contribution is -2.24. The van der Waals surface area contributed by atoms with Gasteiger partial charge in [-0.15, -0.1) is 0 Å². The highest BCUT2D eigenvalue weighted by Crippen LogP contribution is 2.21. The Morgan fingerprint density at radius 1 is 1.12 bits per heavy atom. The van der Waals surface area contributed by atoms with Crippen molar-refractivity contribution in [1.82, 2.24) is 15.1 Å². The molecule has 24 heavy (non-hydrogen) atoms. The fraction of sp³-hybridized carbons (Fsp3) is 0.111. The van der Waals surface area contributed by atoms with Crippen LogP contribution in [0.3, 0.4) is 0 Å². The van der Waals surface area contributed by atoms with Gasteiger partial charge in [0.05, 0.1) is 12.1 Å². The van der Waals surface area contributed by atoms with E-state index < -0.39 is 0 Å². The van der Waals surface area contributed by atoms with E-state index in [1.54, 1.807) is 29.1 Å². The molecule has 3 rings (SSSR count). The predicted molar refractivity (Wildman–Crippen MR) is 95.6 cm³/mol. The third kappa shape index (κ3) is 4.16. The van der Waals surface area contributed by atoms with Crippen molar-refractivity contribution in [2.75, 3.05) is 0 Å². The monoisotopic (exact) mass is 359 g/mol. The summed E-state index contributed by atoms with van der Waals surface area (Å²) in [6.07, 6.45) is 3.84. The first-order chi connectivity index (χ1) is 11.6. The Hall–Kier alpha value is -2.30. The van der Waals surface area contributed by atoms with Gasteiger partial charge >= 0.3 is 0 Å². The second-order valence-corrected chi connectivity index (χ2v) is 6.15. The Kier molecular flexibility index (Phi) is 5.18. The van der Waals surface area contributed by atoms with E-state index in [1.165, 1.54) is 0 Å². The fourth-order valence-electron chi connectivity index (χ4n) is 2.29. The maximum atomic E-state index is 12.1. The summed E-state index contributed by atoms with van der Waals surface area (Å²) < 4.78 is 1.78. The minimum absolute atomic E-state index is 0.0876. The van der Waals surface area contributed by atoms with E-state index in [9.17, 15) is 4.79 Å². The quantitative estimate of drug-likeness (QED) is 0.747. The van der Waals surface area contributed by atoms with Crippen molar-refractivity contribution in [1.29, 1.82) is 0 Å². The van der Waals surface area contributed by atoms with Gasteiger partial charge in [0, 0.05) is 29.0 Å². The van der Waals surface area contributed by atoms with Crippen LogP contribution in [0, 0.1) is 0 Å². The zero-order valence-electron chi connectivity index (χ0n) is 12.7. The SMILES string of the molecule is O=C(Cc1ccc(Cl)cc1Cl)NCc1ccc(-n2cccn2)cc1. The summed E-state index contributed by atoms with van der Waals surface area (Å²) in [4.78, 5) is 12.1. The topological polar surface area (TPSA) is 46.9 Å². The van der Waals surface area contributed by atoms with Crippen molar-refractivity contribution < 1.29 is 4.79 Å². The number of amides is 1. The number of nitrogens with one attached hydrogen (secondary N) is 1. The van der Waals surface area contributed by atoms with Gasteiger partial charge in [-0.05, 0) is 41.5 Å². The molecule has 3 aromatic rings. The molecular weight excluding hydrogens is 345 g/mol. The third-order valence-corrected chi connectivity index (χ3v) is 4.15. The molecule has 0 aliphatic heterocycles. The summed E-state index contributed by atoms with van der Waals surface area (Å²) in [7, 11) is 0. The van der Waals surface area contributed by atoms with E-state index in [0.717, 1.165) is 16.8 Å². The molecule has 2 aromatic carbocycles. The molecule has 0 spiro atoms. The van der Waals surface area contributed by atoms with E-state index >= 15 is 0 Å². The van der Waals surface area contributed by atoms with Gasteiger partial charge in [0.2, 0.25) is 5.91 Å². The molecule has 0 atom stereocenters. The number of hydrogen-bond donors (Lipinski definition) is 1. The Labute approximate surface area is 150 Å². The minimum Gasteiger partial charge on any atom is -0.352 e. The van der Waals surface area contributed by atoms with Crippen LogP contribution in [0.25, 0.3) is 5.69 Å². The smallest absolute Gasteiger partial charge is 0.224 e. The zero-order valence-corrected chi connectivity index (χ0v) is 14.3. The van der Waals surface area contributed by atoms with Crippen molar-refractivity contribution in [2.45, 2.75) is 13.0 Å². The Morgan fingerprint density at radius 2 is 1.92 bits per heavy atom. The van der Waals surface area contributed by atoms with Crippen molar-refractivity contribution in [2.24, 2.45) is 0 Å². The molecule has 0 aliphatic carbocycles. The van der Waals surface area contributed by atoms with Crippen molar-refractivity contribution in [3.63, 3.8) is 0 Å². The highest BCUT2D eigenvalue weighted by Gasteiger charge is 2.07.